The van der Waals surface area contributed by atoms with Gasteiger partial charge in [0.1, 0.15) is 0 Å². The molecule has 0 aromatic heterocycles. The van der Waals surface area contributed by atoms with Gasteiger partial charge in [-0.15, -0.1) is 0 Å². The van der Waals surface area contributed by atoms with Crippen LogP contribution in [0.25, 0.3) is 0 Å². The van der Waals surface area contributed by atoms with Gasteiger partial charge < -0.3 is 10.1 Å². The maximum absolute atomic E-state index is 5.39. The molecule has 2 nitrogen and oxygen atoms in total. The number of hydrogen-bond acceptors (Lipinski definition) is 2. The van der Waals surface area contributed by atoms with Gasteiger partial charge in [0.25, 0.3) is 0 Å². The van der Waals surface area contributed by atoms with Crippen LogP contribution in [0.2, 0.25) is 0 Å². The molecule has 0 fully saturated rings. The molecule has 0 aliphatic carbocycles. The van der Waals surface area contributed by atoms with Crippen LogP contribution in [-0.2, 0) is 4.74 Å². The molecular formula is C10H23NO. The zero-order chi connectivity index (χ0) is 9.23. The highest BCUT2D eigenvalue weighted by molar-refractivity contribution is 4.49. The molecule has 1 N–H and O–H groups in total. The summed E-state index contributed by atoms with van der Waals surface area (Å²) in [6.45, 7) is 10.5. The average Bonchev–Trinajstić information content (AvgIpc) is 2.02. The largest absolute Gasteiger partial charge is 0.380 e. The van der Waals surface area contributed by atoms with E-state index >= 15 is 0 Å². The molecule has 0 saturated heterocycles. The fraction of sp³-hybridized carbons (Fsp3) is 1.00. The topological polar surface area (TPSA) is 21.3 Å². The highest BCUT2D eigenvalue weighted by Crippen LogP contribution is 1.88. The summed E-state index contributed by atoms with van der Waals surface area (Å²) < 4.78 is 5.39. The first kappa shape index (κ1) is 11.9. The normalized spacial score (nSPS) is 11.0. The van der Waals surface area contributed by atoms with Crippen molar-refractivity contribution >= 4 is 0 Å². The first-order chi connectivity index (χ1) is 5.77. The molecule has 12 heavy (non-hydrogen) atoms. The fourth-order valence-corrected chi connectivity index (χ4v) is 0.884. The number of ether oxygens (including phenoxy) is 1. The van der Waals surface area contributed by atoms with Gasteiger partial charge in [-0.05, 0) is 18.9 Å². The van der Waals surface area contributed by atoms with Crippen LogP contribution in [0.3, 0.4) is 0 Å². The summed E-state index contributed by atoms with van der Waals surface area (Å²) in [7, 11) is 0. The molecule has 0 aliphatic rings. The van der Waals surface area contributed by atoms with Crippen LogP contribution in [0.5, 0.6) is 0 Å². The van der Waals surface area contributed by atoms with E-state index in [0.717, 1.165) is 32.2 Å². The standard InChI is InChI=1S/C10H23NO/c1-4-5-7-12-8-6-11-9-10(2)3/h10-11H,4-9H2,1-3H3. The van der Waals surface area contributed by atoms with E-state index in [1.54, 1.807) is 0 Å². The van der Waals surface area contributed by atoms with Crippen molar-refractivity contribution in [2.24, 2.45) is 5.92 Å². The van der Waals surface area contributed by atoms with E-state index in [1.807, 2.05) is 0 Å². The van der Waals surface area contributed by atoms with Gasteiger partial charge in [-0.2, -0.15) is 0 Å². The second-order valence-corrected chi connectivity index (χ2v) is 3.56. The zero-order valence-electron chi connectivity index (χ0n) is 8.73. The van der Waals surface area contributed by atoms with E-state index < -0.39 is 0 Å². The third-order valence-electron chi connectivity index (χ3n) is 1.62. The highest BCUT2D eigenvalue weighted by atomic mass is 16.5. The van der Waals surface area contributed by atoms with E-state index in [-0.39, 0.29) is 0 Å². The summed E-state index contributed by atoms with van der Waals surface area (Å²) >= 11 is 0. The van der Waals surface area contributed by atoms with Crippen LogP contribution in [0, 0.1) is 5.92 Å². The summed E-state index contributed by atoms with van der Waals surface area (Å²) in [5.41, 5.74) is 0. The molecular weight excluding hydrogens is 150 g/mol. The Morgan fingerprint density at radius 2 is 2.00 bits per heavy atom. The second kappa shape index (κ2) is 9.01. The van der Waals surface area contributed by atoms with E-state index in [2.05, 4.69) is 26.1 Å². The Hall–Kier alpha value is -0.0800. The van der Waals surface area contributed by atoms with Crippen molar-refractivity contribution < 1.29 is 4.74 Å². The molecule has 0 saturated carbocycles. The molecule has 0 aromatic rings. The molecule has 0 spiro atoms. The third kappa shape index (κ3) is 9.92. The summed E-state index contributed by atoms with van der Waals surface area (Å²) in [6, 6.07) is 0. The van der Waals surface area contributed by atoms with Crippen molar-refractivity contribution in [1.82, 2.24) is 5.32 Å². The van der Waals surface area contributed by atoms with Crippen molar-refractivity contribution in [2.45, 2.75) is 33.6 Å². The van der Waals surface area contributed by atoms with Gasteiger partial charge in [0, 0.05) is 13.2 Å². The average molecular weight is 173 g/mol. The zero-order valence-corrected chi connectivity index (χ0v) is 8.73. The lowest BCUT2D eigenvalue weighted by molar-refractivity contribution is 0.132. The van der Waals surface area contributed by atoms with Gasteiger partial charge in [0.2, 0.25) is 0 Å². The van der Waals surface area contributed by atoms with Gasteiger partial charge in [-0.25, -0.2) is 0 Å². The van der Waals surface area contributed by atoms with Crippen molar-refractivity contribution in [2.75, 3.05) is 26.3 Å². The Morgan fingerprint density at radius 1 is 1.25 bits per heavy atom. The Balaban J connectivity index is 2.82. The third-order valence-corrected chi connectivity index (χ3v) is 1.62. The number of unbranched alkanes of at least 4 members (excludes halogenated alkanes) is 1. The van der Waals surface area contributed by atoms with Crippen LogP contribution in [0.15, 0.2) is 0 Å². The highest BCUT2D eigenvalue weighted by Gasteiger charge is 1.91. The monoisotopic (exact) mass is 173 g/mol. The molecule has 0 aliphatic heterocycles. The minimum absolute atomic E-state index is 0.737. The maximum Gasteiger partial charge on any atom is 0.0590 e. The van der Waals surface area contributed by atoms with Crippen molar-refractivity contribution in [3.05, 3.63) is 0 Å². The van der Waals surface area contributed by atoms with Crippen molar-refractivity contribution in [3.63, 3.8) is 0 Å². The summed E-state index contributed by atoms with van der Waals surface area (Å²) in [4.78, 5) is 0. The molecule has 0 unspecified atom stereocenters. The van der Waals surface area contributed by atoms with Crippen LogP contribution in [0.1, 0.15) is 33.6 Å². The Labute approximate surface area is 76.7 Å². The van der Waals surface area contributed by atoms with Crippen LogP contribution >= 0.6 is 0 Å². The van der Waals surface area contributed by atoms with E-state index in [0.29, 0.717) is 0 Å². The predicted molar refractivity (Wildman–Crippen MR) is 53.4 cm³/mol. The number of hydrogen-bond donors (Lipinski definition) is 1. The Morgan fingerprint density at radius 3 is 2.58 bits per heavy atom. The summed E-state index contributed by atoms with van der Waals surface area (Å²) in [5, 5.41) is 3.34. The predicted octanol–water partition coefficient (Wildman–Crippen LogP) is 2.05. The smallest absolute Gasteiger partial charge is 0.0590 e. The first-order valence-electron chi connectivity index (χ1n) is 5.05. The molecule has 0 bridgehead atoms. The first-order valence-corrected chi connectivity index (χ1v) is 5.05. The summed E-state index contributed by atoms with van der Waals surface area (Å²) in [5.74, 6) is 0.737. The second-order valence-electron chi connectivity index (χ2n) is 3.56. The van der Waals surface area contributed by atoms with Gasteiger partial charge >= 0.3 is 0 Å². The molecule has 0 atom stereocenters. The van der Waals surface area contributed by atoms with E-state index in [9.17, 15) is 0 Å². The lowest BCUT2D eigenvalue weighted by Crippen LogP contribution is -2.24. The van der Waals surface area contributed by atoms with Crippen LogP contribution in [0.4, 0.5) is 0 Å². The van der Waals surface area contributed by atoms with Gasteiger partial charge in [0.05, 0.1) is 6.61 Å². The van der Waals surface area contributed by atoms with E-state index in [4.69, 9.17) is 4.74 Å². The Kier molecular flexibility index (Phi) is 8.95. The lowest BCUT2D eigenvalue weighted by Gasteiger charge is -2.07. The summed E-state index contributed by atoms with van der Waals surface area (Å²) in [6.07, 6.45) is 2.41. The maximum atomic E-state index is 5.39. The van der Waals surface area contributed by atoms with Crippen LogP contribution in [-0.4, -0.2) is 26.3 Å². The minimum Gasteiger partial charge on any atom is -0.380 e. The molecule has 0 heterocycles. The molecule has 0 radical (unpaired) electrons. The van der Waals surface area contributed by atoms with Crippen molar-refractivity contribution in [3.8, 4) is 0 Å². The van der Waals surface area contributed by atoms with Gasteiger partial charge in [-0.3, -0.25) is 0 Å². The molecule has 2 heteroatoms. The van der Waals surface area contributed by atoms with Gasteiger partial charge in [0.15, 0.2) is 0 Å². The van der Waals surface area contributed by atoms with E-state index in [1.165, 1.54) is 12.8 Å². The number of rotatable bonds is 8. The molecule has 0 amide bonds. The molecule has 74 valence electrons. The van der Waals surface area contributed by atoms with Crippen molar-refractivity contribution in [1.29, 1.82) is 0 Å². The number of nitrogens with one attached hydrogen (secondary N) is 1. The van der Waals surface area contributed by atoms with Gasteiger partial charge in [-0.1, -0.05) is 27.2 Å². The van der Waals surface area contributed by atoms with Crippen LogP contribution < -0.4 is 5.32 Å². The quantitative estimate of drug-likeness (QED) is 0.567. The Bertz CT molecular complexity index is 83.9. The molecule has 0 aromatic carbocycles. The fourth-order valence-electron chi connectivity index (χ4n) is 0.884. The molecule has 0 rings (SSSR count). The lowest BCUT2D eigenvalue weighted by atomic mass is 10.2. The minimum atomic E-state index is 0.737. The SMILES string of the molecule is CCCCOCCNCC(C)C.